The normalized spacial score (nSPS) is 17.6. The number of nitrogens with one attached hydrogen (secondary N) is 1. The van der Waals surface area contributed by atoms with Crippen LogP contribution in [-0.2, 0) is 0 Å². The van der Waals surface area contributed by atoms with Crippen molar-refractivity contribution in [2.75, 3.05) is 6.54 Å². The van der Waals surface area contributed by atoms with Crippen LogP contribution < -0.4 is 5.56 Å². The summed E-state index contributed by atoms with van der Waals surface area (Å²) in [5.41, 5.74) is 0.906. The van der Waals surface area contributed by atoms with E-state index in [0.717, 1.165) is 23.8 Å². The van der Waals surface area contributed by atoms with E-state index in [1.165, 1.54) is 6.92 Å². The third-order valence-electron chi connectivity index (χ3n) is 4.80. The fourth-order valence-electron chi connectivity index (χ4n) is 3.46. The van der Waals surface area contributed by atoms with Gasteiger partial charge in [0.15, 0.2) is 5.65 Å². The summed E-state index contributed by atoms with van der Waals surface area (Å²) in [4.78, 5) is 34.9. The number of halogens is 1. The Balaban J connectivity index is 1.75. The Morgan fingerprint density at radius 2 is 2.08 bits per heavy atom. The van der Waals surface area contributed by atoms with Crippen LogP contribution in [0, 0.1) is 12.7 Å². The number of aryl methyl sites for hydroxylation is 1. The van der Waals surface area contributed by atoms with Crippen molar-refractivity contribution in [1.29, 1.82) is 0 Å². The summed E-state index contributed by atoms with van der Waals surface area (Å²) in [6, 6.07) is 4.87. The number of carbonyl (C=O) groups is 1. The van der Waals surface area contributed by atoms with E-state index < -0.39 is 11.4 Å². The van der Waals surface area contributed by atoms with Gasteiger partial charge in [0.05, 0.1) is 17.4 Å². The molecule has 0 aliphatic carbocycles. The molecule has 8 heteroatoms. The van der Waals surface area contributed by atoms with Crippen LogP contribution in [-0.4, -0.2) is 36.9 Å². The predicted molar refractivity (Wildman–Crippen MR) is 92.4 cm³/mol. The van der Waals surface area contributed by atoms with E-state index in [-0.39, 0.29) is 17.6 Å². The summed E-state index contributed by atoms with van der Waals surface area (Å²) in [6.45, 7) is 2.08. The minimum atomic E-state index is -0.871. The van der Waals surface area contributed by atoms with E-state index in [4.69, 9.17) is 0 Å². The van der Waals surface area contributed by atoms with Crippen LogP contribution >= 0.6 is 0 Å². The molecule has 1 unspecified atom stereocenters. The zero-order chi connectivity index (χ0) is 18.3. The Bertz CT molecular complexity index is 1030. The highest BCUT2D eigenvalue weighted by molar-refractivity contribution is 5.94. The molecule has 0 spiro atoms. The Morgan fingerprint density at radius 3 is 2.85 bits per heavy atom. The topological polar surface area (TPSA) is 83.4 Å². The number of pyridine rings is 1. The highest BCUT2D eigenvalue weighted by Crippen LogP contribution is 2.31. The number of fused-ring (bicyclic) bond motifs is 1. The van der Waals surface area contributed by atoms with Gasteiger partial charge in [-0.1, -0.05) is 0 Å². The lowest BCUT2D eigenvalue weighted by Crippen LogP contribution is -2.38. The minimum Gasteiger partial charge on any atom is -0.330 e. The van der Waals surface area contributed by atoms with E-state index in [1.807, 2.05) is 0 Å². The van der Waals surface area contributed by atoms with Gasteiger partial charge in [-0.15, -0.1) is 0 Å². The van der Waals surface area contributed by atoms with E-state index in [1.54, 1.807) is 35.5 Å². The Labute approximate surface area is 148 Å². The summed E-state index contributed by atoms with van der Waals surface area (Å²) < 4.78 is 15.0. The van der Waals surface area contributed by atoms with Crippen molar-refractivity contribution < 1.29 is 9.18 Å². The lowest BCUT2D eigenvalue weighted by Gasteiger charge is -2.35. The summed E-state index contributed by atoms with van der Waals surface area (Å²) in [5.74, 6) is -0.956. The molecule has 1 amide bonds. The first-order valence-electron chi connectivity index (χ1n) is 8.55. The smallest absolute Gasteiger partial charge is 0.308 e. The molecule has 1 N–H and O–H groups in total. The Kier molecular flexibility index (Phi) is 4.02. The van der Waals surface area contributed by atoms with Gasteiger partial charge in [0.2, 0.25) is 5.82 Å². The SMILES string of the molecule is Cc1nc2cc(C3CCCCN3C(=O)c3ccncc3)[nH]n2c(=O)c1F. The molecule has 134 valence electrons. The highest BCUT2D eigenvalue weighted by Gasteiger charge is 2.30. The van der Waals surface area contributed by atoms with Gasteiger partial charge in [-0.25, -0.2) is 4.98 Å². The second kappa shape index (κ2) is 6.36. The van der Waals surface area contributed by atoms with Crippen molar-refractivity contribution in [2.45, 2.75) is 32.2 Å². The monoisotopic (exact) mass is 355 g/mol. The molecular formula is C18H18FN5O2. The molecule has 0 aromatic carbocycles. The first kappa shape index (κ1) is 16.4. The lowest BCUT2D eigenvalue weighted by atomic mass is 9.98. The number of aromatic nitrogens is 4. The van der Waals surface area contributed by atoms with Crippen LogP contribution in [0.2, 0.25) is 0 Å². The molecule has 1 aliphatic heterocycles. The van der Waals surface area contributed by atoms with Gasteiger partial charge in [-0.3, -0.25) is 19.7 Å². The highest BCUT2D eigenvalue weighted by atomic mass is 19.1. The summed E-state index contributed by atoms with van der Waals surface area (Å²) in [5, 5.41) is 2.93. The first-order chi connectivity index (χ1) is 12.6. The van der Waals surface area contributed by atoms with Crippen LogP contribution in [0.1, 0.15) is 47.1 Å². The zero-order valence-corrected chi connectivity index (χ0v) is 14.3. The molecule has 26 heavy (non-hydrogen) atoms. The van der Waals surface area contributed by atoms with Crippen LogP contribution in [0.25, 0.3) is 5.65 Å². The number of nitrogens with zero attached hydrogens (tertiary/aromatic N) is 4. The summed E-state index contributed by atoms with van der Waals surface area (Å²) in [7, 11) is 0. The summed E-state index contributed by atoms with van der Waals surface area (Å²) in [6.07, 6.45) is 5.82. The molecule has 4 rings (SSSR count). The van der Waals surface area contributed by atoms with Gasteiger partial charge in [0.1, 0.15) is 0 Å². The second-order valence-corrected chi connectivity index (χ2v) is 6.47. The Morgan fingerprint density at radius 1 is 1.31 bits per heavy atom. The van der Waals surface area contributed by atoms with E-state index in [2.05, 4.69) is 15.1 Å². The van der Waals surface area contributed by atoms with Gasteiger partial charge in [-0.2, -0.15) is 8.91 Å². The standard InChI is InChI=1S/C18H18FN5O2/c1-11-16(19)18(26)24-15(21-11)10-13(22-24)14-4-2-3-9-23(14)17(25)12-5-7-20-8-6-12/h5-8,10,14,22H,2-4,9H2,1H3. The first-order valence-corrected chi connectivity index (χ1v) is 8.55. The average molecular weight is 355 g/mol. The van der Waals surface area contributed by atoms with Gasteiger partial charge >= 0.3 is 5.56 Å². The third-order valence-corrected chi connectivity index (χ3v) is 4.80. The number of rotatable bonds is 2. The maximum absolute atomic E-state index is 13.9. The minimum absolute atomic E-state index is 0.0638. The maximum Gasteiger partial charge on any atom is 0.308 e. The van der Waals surface area contributed by atoms with E-state index in [0.29, 0.717) is 23.4 Å². The molecule has 7 nitrogen and oxygen atoms in total. The number of H-pyrrole nitrogens is 1. The second-order valence-electron chi connectivity index (χ2n) is 6.47. The van der Waals surface area contributed by atoms with Gasteiger partial charge in [0.25, 0.3) is 5.91 Å². The lowest BCUT2D eigenvalue weighted by molar-refractivity contribution is 0.0605. The fourth-order valence-corrected chi connectivity index (χ4v) is 3.46. The summed E-state index contributed by atoms with van der Waals surface area (Å²) >= 11 is 0. The van der Waals surface area contributed by atoms with Crippen LogP contribution in [0.3, 0.4) is 0 Å². The molecule has 0 bridgehead atoms. The van der Waals surface area contributed by atoms with Crippen molar-refractivity contribution >= 4 is 11.6 Å². The van der Waals surface area contributed by atoms with Crippen molar-refractivity contribution in [2.24, 2.45) is 0 Å². The molecule has 0 saturated carbocycles. The number of amides is 1. The fraction of sp³-hybridized carbons (Fsp3) is 0.333. The van der Waals surface area contributed by atoms with E-state index >= 15 is 0 Å². The number of piperidine rings is 1. The molecule has 3 aromatic rings. The third kappa shape index (κ3) is 2.67. The largest absolute Gasteiger partial charge is 0.330 e. The number of hydrogen-bond acceptors (Lipinski definition) is 4. The number of likely N-dealkylation sites (tertiary alicyclic amines) is 1. The number of hydrogen-bond donors (Lipinski definition) is 1. The molecule has 4 heterocycles. The van der Waals surface area contributed by atoms with Crippen molar-refractivity contribution in [3.63, 3.8) is 0 Å². The van der Waals surface area contributed by atoms with Gasteiger partial charge in [0, 0.05) is 30.6 Å². The van der Waals surface area contributed by atoms with Crippen LogP contribution in [0.5, 0.6) is 0 Å². The molecule has 3 aromatic heterocycles. The number of aromatic amines is 1. The molecule has 0 radical (unpaired) electrons. The maximum atomic E-state index is 13.9. The van der Waals surface area contributed by atoms with Crippen LogP contribution in [0.15, 0.2) is 35.4 Å². The van der Waals surface area contributed by atoms with Crippen molar-refractivity contribution in [1.82, 2.24) is 24.5 Å². The van der Waals surface area contributed by atoms with Gasteiger partial charge < -0.3 is 4.90 Å². The van der Waals surface area contributed by atoms with Gasteiger partial charge in [-0.05, 0) is 38.3 Å². The Hall–Kier alpha value is -3.03. The zero-order valence-electron chi connectivity index (χ0n) is 14.3. The average Bonchev–Trinajstić information content (AvgIpc) is 3.10. The molecular weight excluding hydrogens is 337 g/mol. The molecule has 1 atom stereocenters. The molecule has 1 saturated heterocycles. The molecule has 1 fully saturated rings. The van der Waals surface area contributed by atoms with Crippen LogP contribution in [0.4, 0.5) is 4.39 Å². The quantitative estimate of drug-likeness (QED) is 0.764. The van der Waals surface area contributed by atoms with Crippen molar-refractivity contribution in [3.8, 4) is 0 Å². The van der Waals surface area contributed by atoms with Crippen molar-refractivity contribution in [3.05, 3.63) is 63.7 Å². The predicted octanol–water partition coefficient (Wildman–Crippen LogP) is 2.23. The molecule has 1 aliphatic rings. The number of carbonyl (C=O) groups excluding carboxylic acids is 1. The van der Waals surface area contributed by atoms with E-state index in [9.17, 15) is 14.0 Å².